The quantitative estimate of drug-likeness (QED) is 0.641. The number of nitrogens with one attached hydrogen (secondary N) is 1. The van der Waals surface area contributed by atoms with Gasteiger partial charge in [0, 0.05) is 6.42 Å². The van der Waals surface area contributed by atoms with Crippen molar-refractivity contribution in [2.75, 3.05) is 0 Å². The van der Waals surface area contributed by atoms with E-state index in [1.807, 2.05) is 30.3 Å². The number of hydrogen-bond donors (Lipinski definition) is 1. The summed E-state index contributed by atoms with van der Waals surface area (Å²) in [5, 5.41) is 3.03. The second kappa shape index (κ2) is 4.45. The molecular weight excluding hydrogens is 234 g/mol. The maximum absolute atomic E-state index is 11.7. The third-order valence-corrected chi connectivity index (χ3v) is 3.12. The summed E-state index contributed by atoms with van der Waals surface area (Å²) in [6, 6.07) is 9.86. The van der Waals surface area contributed by atoms with Crippen molar-refractivity contribution in [1.82, 2.24) is 5.32 Å². The Kier molecular flexibility index (Phi) is 3.15. The predicted octanol–water partition coefficient (Wildman–Crippen LogP) is 1.85. The number of cyclic esters (lactones) is 1. The average Bonchev–Trinajstić information content (AvgIpc) is 2.27. The van der Waals surface area contributed by atoms with Crippen LogP contribution in [0.3, 0.4) is 0 Å². The molecular formula is C13H15NO2S. The molecule has 4 heteroatoms. The van der Waals surface area contributed by atoms with Gasteiger partial charge in [-0.3, -0.25) is 0 Å². The molecule has 1 atom stereocenters. The first-order chi connectivity index (χ1) is 7.99. The van der Waals surface area contributed by atoms with Crippen LogP contribution in [0.5, 0.6) is 0 Å². The van der Waals surface area contributed by atoms with Gasteiger partial charge in [-0.05, 0) is 19.4 Å². The summed E-state index contributed by atoms with van der Waals surface area (Å²) in [5.41, 5.74) is 0.388. The third-order valence-electron chi connectivity index (χ3n) is 2.75. The van der Waals surface area contributed by atoms with E-state index < -0.39 is 5.54 Å². The second-order valence-corrected chi connectivity index (χ2v) is 5.14. The number of thiocarbonyl (C=S) groups is 1. The van der Waals surface area contributed by atoms with E-state index in [-0.39, 0.29) is 12.1 Å². The summed E-state index contributed by atoms with van der Waals surface area (Å²) in [5.74, 6) is -0.257. The Hall–Kier alpha value is -1.42. The summed E-state index contributed by atoms with van der Waals surface area (Å²) in [7, 11) is 0. The lowest BCUT2D eigenvalue weighted by Gasteiger charge is -2.35. The van der Waals surface area contributed by atoms with Crippen LogP contribution in [-0.4, -0.2) is 22.6 Å². The van der Waals surface area contributed by atoms with Crippen molar-refractivity contribution in [3.05, 3.63) is 35.9 Å². The van der Waals surface area contributed by atoms with E-state index in [0.29, 0.717) is 11.4 Å². The normalized spacial score (nSPS) is 22.8. The fraction of sp³-hybridized carbons (Fsp3) is 0.385. The highest BCUT2D eigenvalue weighted by atomic mass is 32.1. The second-order valence-electron chi connectivity index (χ2n) is 4.70. The Labute approximate surface area is 106 Å². The van der Waals surface area contributed by atoms with Gasteiger partial charge in [-0.1, -0.05) is 42.5 Å². The molecule has 17 heavy (non-hydrogen) atoms. The third kappa shape index (κ3) is 2.64. The van der Waals surface area contributed by atoms with E-state index in [1.165, 1.54) is 0 Å². The molecule has 0 amide bonds. The SMILES string of the molecule is CC1(C)NC(=S)[C@H](Cc2ccccc2)OC1=O. The van der Waals surface area contributed by atoms with Gasteiger partial charge in [0.05, 0.1) is 0 Å². The lowest BCUT2D eigenvalue weighted by Crippen LogP contribution is -2.60. The highest BCUT2D eigenvalue weighted by molar-refractivity contribution is 7.80. The van der Waals surface area contributed by atoms with E-state index in [4.69, 9.17) is 17.0 Å². The van der Waals surface area contributed by atoms with Crippen LogP contribution in [-0.2, 0) is 16.0 Å². The first kappa shape index (κ1) is 12.0. The minimum absolute atomic E-state index is 0.257. The summed E-state index contributed by atoms with van der Waals surface area (Å²) in [4.78, 5) is 12.3. The standard InChI is InChI=1S/C13H15NO2S/c1-13(2)12(15)16-10(11(17)14-13)8-9-6-4-3-5-7-9/h3-7,10H,8H2,1-2H3,(H,14,17)/t10-/m0/s1. The number of carbonyl (C=O) groups excluding carboxylic acids is 1. The van der Waals surface area contributed by atoms with Gasteiger partial charge in [0.25, 0.3) is 0 Å². The lowest BCUT2D eigenvalue weighted by atomic mass is 10.0. The highest BCUT2D eigenvalue weighted by Crippen LogP contribution is 2.18. The highest BCUT2D eigenvalue weighted by Gasteiger charge is 2.39. The van der Waals surface area contributed by atoms with Crippen molar-refractivity contribution < 1.29 is 9.53 Å². The molecule has 0 radical (unpaired) electrons. The molecule has 0 aromatic heterocycles. The zero-order chi connectivity index (χ0) is 12.5. The number of carbonyl (C=O) groups is 1. The monoisotopic (exact) mass is 249 g/mol. The number of morpholine rings is 1. The molecule has 0 spiro atoms. The summed E-state index contributed by atoms with van der Waals surface area (Å²) in [6.45, 7) is 3.53. The number of ether oxygens (including phenoxy) is 1. The molecule has 1 fully saturated rings. The minimum atomic E-state index is -0.718. The zero-order valence-corrected chi connectivity index (χ0v) is 10.7. The van der Waals surface area contributed by atoms with Crippen LogP contribution in [0, 0.1) is 0 Å². The number of rotatable bonds is 2. The van der Waals surface area contributed by atoms with E-state index >= 15 is 0 Å². The Morgan fingerprint density at radius 2 is 2.00 bits per heavy atom. The van der Waals surface area contributed by atoms with Crippen molar-refractivity contribution in [2.45, 2.75) is 31.9 Å². The van der Waals surface area contributed by atoms with E-state index in [9.17, 15) is 4.79 Å². The fourth-order valence-electron chi connectivity index (χ4n) is 1.73. The van der Waals surface area contributed by atoms with Gasteiger partial charge in [-0.15, -0.1) is 0 Å². The Balaban J connectivity index is 2.09. The van der Waals surface area contributed by atoms with E-state index in [2.05, 4.69) is 5.32 Å². The van der Waals surface area contributed by atoms with Crippen LogP contribution in [0.15, 0.2) is 30.3 Å². The van der Waals surface area contributed by atoms with Crippen molar-refractivity contribution in [1.29, 1.82) is 0 Å². The Bertz CT molecular complexity index is 442. The summed E-state index contributed by atoms with van der Waals surface area (Å²) >= 11 is 5.24. The van der Waals surface area contributed by atoms with Crippen LogP contribution in [0.25, 0.3) is 0 Å². The summed E-state index contributed by atoms with van der Waals surface area (Å²) in [6.07, 6.45) is 0.266. The predicted molar refractivity (Wildman–Crippen MR) is 69.8 cm³/mol. The maximum atomic E-state index is 11.7. The van der Waals surface area contributed by atoms with Crippen LogP contribution in [0.1, 0.15) is 19.4 Å². The van der Waals surface area contributed by atoms with E-state index in [0.717, 1.165) is 5.56 Å². The Morgan fingerprint density at radius 3 is 2.65 bits per heavy atom. The molecule has 1 heterocycles. The molecule has 2 rings (SSSR count). The van der Waals surface area contributed by atoms with Crippen LogP contribution in [0.2, 0.25) is 0 Å². The Morgan fingerprint density at radius 1 is 1.35 bits per heavy atom. The first-order valence-electron chi connectivity index (χ1n) is 5.56. The number of hydrogen-bond acceptors (Lipinski definition) is 3. The van der Waals surface area contributed by atoms with Gasteiger partial charge in [0.2, 0.25) is 0 Å². The molecule has 3 nitrogen and oxygen atoms in total. The average molecular weight is 249 g/mol. The topological polar surface area (TPSA) is 38.3 Å². The molecule has 1 aliphatic heterocycles. The molecule has 0 bridgehead atoms. The molecule has 1 aliphatic rings. The van der Waals surface area contributed by atoms with Gasteiger partial charge < -0.3 is 10.1 Å². The van der Waals surface area contributed by atoms with Crippen molar-refractivity contribution in [3.63, 3.8) is 0 Å². The van der Waals surface area contributed by atoms with Gasteiger partial charge >= 0.3 is 5.97 Å². The van der Waals surface area contributed by atoms with Crippen molar-refractivity contribution in [2.24, 2.45) is 0 Å². The smallest absolute Gasteiger partial charge is 0.331 e. The fourth-order valence-corrected chi connectivity index (χ4v) is 2.12. The lowest BCUT2D eigenvalue weighted by molar-refractivity contribution is -0.154. The summed E-state index contributed by atoms with van der Waals surface area (Å²) < 4.78 is 5.38. The van der Waals surface area contributed by atoms with Gasteiger partial charge in [0.1, 0.15) is 10.5 Å². The number of esters is 1. The van der Waals surface area contributed by atoms with E-state index in [1.54, 1.807) is 13.8 Å². The molecule has 90 valence electrons. The first-order valence-corrected chi connectivity index (χ1v) is 5.97. The molecule has 1 N–H and O–H groups in total. The molecule has 0 unspecified atom stereocenters. The molecule has 1 aromatic rings. The largest absolute Gasteiger partial charge is 0.453 e. The maximum Gasteiger partial charge on any atom is 0.331 e. The molecule has 0 aliphatic carbocycles. The van der Waals surface area contributed by atoms with Gasteiger partial charge in [0.15, 0.2) is 6.10 Å². The van der Waals surface area contributed by atoms with Crippen molar-refractivity contribution >= 4 is 23.2 Å². The van der Waals surface area contributed by atoms with Crippen LogP contribution < -0.4 is 5.32 Å². The van der Waals surface area contributed by atoms with Gasteiger partial charge in [-0.2, -0.15) is 0 Å². The van der Waals surface area contributed by atoms with Crippen LogP contribution >= 0.6 is 12.2 Å². The number of benzene rings is 1. The molecule has 1 aromatic carbocycles. The van der Waals surface area contributed by atoms with Gasteiger partial charge in [-0.25, -0.2) is 4.79 Å². The minimum Gasteiger partial charge on any atom is -0.453 e. The van der Waals surface area contributed by atoms with Crippen molar-refractivity contribution in [3.8, 4) is 0 Å². The molecule has 0 saturated carbocycles. The zero-order valence-electron chi connectivity index (χ0n) is 9.90. The molecule has 1 saturated heterocycles. The van der Waals surface area contributed by atoms with Crippen LogP contribution in [0.4, 0.5) is 0 Å².